The second-order valence-electron chi connectivity index (χ2n) is 6.67. The van der Waals surface area contributed by atoms with Gasteiger partial charge in [-0.2, -0.15) is 0 Å². The number of amides is 1. The molecule has 1 aliphatic heterocycles. The Labute approximate surface area is 153 Å². The molecule has 3 rings (SSSR count). The highest BCUT2D eigenvalue weighted by Crippen LogP contribution is 2.21. The van der Waals surface area contributed by atoms with Gasteiger partial charge in [0, 0.05) is 18.2 Å². The smallest absolute Gasteiger partial charge is 0.295 e. The summed E-state index contributed by atoms with van der Waals surface area (Å²) in [6, 6.07) is 15.6. The fourth-order valence-electron chi connectivity index (χ4n) is 3.13. The number of carbonyl (C=O) groups is 2. The van der Waals surface area contributed by atoms with Crippen LogP contribution in [-0.4, -0.2) is 42.6 Å². The Morgan fingerprint density at radius 2 is 1.69 bits per heavy atom. The molecule has 1 amide bonds. The first-order chi connectivity index (χ1) is 12.4. The maximum Gasteiger partial charge on any atom is 0.295 e. The molecule has 0 N–H and O–H groups in total. The molecule has 0 aromatic heterocycles. The molecule has 0 spiro atoms. The van der Waals surface area contributed by atoms with Crippen LogP contribution in [-0.2, 0) is 21.2 Å². The summed E-state index contributed by atoms with van der Waals surface area (Å²) < 4.78 is 23.7. The fraction of sp³-hybridized carbons (Fsp3) is 0.300. The molecule has 0 bridgehead atoms. The average Bonchev–Trinajstić information content (AvgIpc) is 2.99. The summed E-state index contributed by atoms with van der Waals surface area (Å²) in [7, 11) is -3.17. The number of carbonyl (C=O) groups excluding carboxylic acids is 2. The Morgan fingerprint density at radius 1 is 1.04 bits per heavy atom. The second-order valence-corrected chi connectivity index (χ2v) is 8.90. The van der Waals surface area contributed by atoms with Gasteiger partial charge >= 0.3 is 0 Å². The first-order valence-corrected chi connectivity index (χ1v) is 10.3. The maximum absolute atomic E-state index is 12.9. The van der Waals surface area contributed by atoms with Gasteiger partial charge in [-0.3, -0.25) is 9.59 Å². The summed E-state index contributed by atoms with van der Waals surface area (Å²) in [5, 5.41) is 0. The third-order valence-electron chi connectivity index (χ3n) is 4.61. The molecule has 5 nitrogen and oxygen atoms in total. The summed E-state index contributed by atoms with van der Waals surface area (Å²) in [4.78, 5) is 27.0. The van der Waals surface area contributed by atoms with Crippen LogP contribution in [0.25, 0.3) is 0 Å². The van der Waals surface area contributed by atoms with E-state index in [2.05, 4.69) is 0 Å². The zero-order valence-corrected chi connectivity index (χ0v) is 15.4. The van der Waals surface area contributed by atoms with E-state index < -0.39 is 27.6 Å². The van der Waals surface area contributed by atoms with Crippen LogP contribution >= 0.6 is 0 Å². The van der Waals surface area contributed by atoms with E-state index in [0.29, 0.717) is 12.0 Å². The first-order valence-electron chi connectivity index (χ1n) is 8.52. The summed E-state index contributed by atoms with van der Waals surface area (Å²) in [6.07, 6.45) is 0.363. The Morgan fingerprint density at radius 3 is 2.27 bits per heavy atom. The lowest BCUT2D eigenvalue weighted by atomic mass is 10.1. The van der Waals surface area contributed by atoms with Crippen molar-refractivity contribution in [2.75, 3.05) is 11.5 Å². The number of ketones is 1. The molecule has 0 radical (unpaired) electrons. The van der Waals surface area contributed by atoms with Crippen molar-refractivity contribution in [3.8, 4) is 0 Å². The lowest BCUT2D eigenvalue weighted by Gasteiger charge is -2.27. The van der Waals surface area contributed by atoms with Crippen molar-refractivity contribution in [2.24, 2.45) is 0 Å². The second kappa shape index (κ2) is 7.41. The quantitative estimate of drug-likeness (QED) is 0.598. The molecule has 1 saturated heterocycles. The summed E-state index contributed by atoms with van der Waals surface area (Å²) >= 11 is 0. The number of benzene rings is 2. The van der Waals surface area contributed by atoms with Crippen LogP contribution in [0.3, 0.4) is 0 Å². The highest BCUT2D eigenvalue weighted by molar-refractivity contribution is 7.91. The minimum atomic E-state index is -3.17. The van der Waals surface area contributed by atoms with Crippen LogP contribution in [0.2, 0.25) is 0 Å². The third kappa shape index (κ3) is 4.19. The lowest BCUT2D eigenvalue weighted by Crippen LogP contribution is -2.44. The van der Waals surface area contributed by atoms with E-state index in [9.17, 15) is 18.0 Å². The minimum Gasteiger partial charge on any atom is -0.327 e. The van der Waals surface area contributed by atoms with Crippen molar-refractivity contribution in [2.45, 2.75) is 25.9 Å². The van der Waals surface area contributed by atoms with E-state index in [-0.39, 0.29) is 18.1 Å². The highest BCUT2D eigenvalue weighted by atomic mass is 32.2. The molecular weight excluding hydrogens is 350 g/mol. The molecule has 2 aromatic carbocycles. The fourth-order valence-corrected chi connectivity index (χ4v) is 4.86. The van der Waals surface area contributed by atoms with Gasteiger partial charge in [0.1, 0.15) is 0 Å². The predicted octanol–water partition coefficient (Wildman–Crippen LogP) is 2.39. The molecule has 136 valence electrons. The number of hydrogen-bond acceptors (Lipinski definition) is 4. The van der Waals surface area contributed by atoms with Crippen LogP contribution in [0, 0.1) is 6.92 Å². The molecule has 0 saturated carbocycles. The average molecular weight is 371 g/mol. The molecule has 0 aliphatic carbocycles. The van der Waals surface area contributed by atoms with Crippen LogP contribution in [0.5, 0.6) is 0 Å². The zero-order chi connectivity index (χ0) is 18.7. The van der Waals surface area contributed by atoms with Gasteiger partial charge in [-0.25, -0.2) is 8.42 Å². The molecule has 2 aromatic rings. The molecule has 1 aliphatic rings. The van der Waals surface area contributed by atoms with Gasteiger partial charge in [-0.15, -0.1) is 0 Å². The van der Waals surface area contributed by atoms with Gasteiger partial charge in [0.05, 0.1) is 11.5 Å². The van der Waals surface area contributed by atoms with Gasteiger partial charge in [0.2, 0.25) is 5.78 Å². The van der Waals surface area contributed by atoms with E-state index in [1.807, 2.05) is 37.3 Å². The van der Waals surface area contributed by atoms with Gasteiger partial charge in [0.25, 0.3) is 5.91 Å². The van der Waals surface area contributed by atoms with Crippen LogP contribution in [0.15, 0.2) is 54.6 Å². The largest absolute Gasteiger partial charge is 0.327 e. The SMILES string of the molecule is Cc1ccc(C(=O)C(=O)N(Cc2ccccc2)[C@H]2CCS(=O)(=O)C2)cc1. The van der Waals surface area contributed by atoms with E-state index in [0.717, 1.165) is 11.1 Å². The number of sulfone groups is 1. The lowest BCUT2D eigenvalue weighted by molar-refractivity contribution is -0.128. The Bertz CT molecular complexity index is 905. The third-order valence-corrected chi connectivity index (χ3v) is 6.36. The normalized spacial score (nSPS) is 18.4. The van der Waals surface area contributed by atoms with E-state index in [1.54, 1.807) is 24.3 Å². The van der Waals surface area contributed by atoms with Gasteiger partial charge in [-0.05, 0) is 18.9 Å². The zero-order valence-electron chi connectivity index (χ0n) is 14.6. The summed E-state index contributed by atoms with van der Waals surface area (Å²) in [6.45, 7) is 2.12. The monoisotopic (exact) mass is 371 g/mol. The molecule has 0 unspecified atom stereocenters. The topological polar surface area (TPSA) is 71.5 Å². The van der Waals surface area contributed by atoms with E-state index in [1.165, 1.54) is 4.90 Å². The molecule has 1 atom stereocenters. The van der Waals surface area contributed by atoms with Crippen molar-refractivity contribution < 1.29 is 18.0 Å². The number of rotatable bonds is 5. The molecule has 6 heteroatoms. The number of aryl methyl sites for hydroxylation is 1. The Hall–Kier alpha value is -2.47. The van der Waals surface area contributed by atoms with Gasteiger partial charge < -0.3 is 4.90 Å². The molecular formula is C20H21NO4S. The van der Waals surface area contributed by atoms with E-state index in [4.69, 9.17) is 0 Å². The van der Waals surface area contributed by atoms with Gasteiger partial charge in [0.15, 0.2) is 9.84 Å². The highest BCUT2D eigenvalue weighted by Gasteiger charge is 2.37. The Kier molecular flexibility index (Phi) is 5.23. The summed E-state index contributed by atoms with van der Waals surface area (Å²) in [5.41, 5.74) is 2.18. The number of Topliss-reactive ketones (excluding diaryl/α,β-unsaturated/α-hetero) is 1. The van der Waals surface area contributed by atoms with Crippen molar-refractivity contribution in [1.29, 1.82) is 0 Å². The van der Waals surface area contributed by atoms with Crippen molar-refractivity contribution in [3.63, 3.8) is 0 Å². The molecule has 1 fully saturated rings. The predicted molar refractivity (Wildman–Crippen MR) is 99.6 cm³/mol. The van der Waals surface area contributed by atoms with Crippen molar-refractivity contribution in [1.82, 2.24) is 4.90 Å². The van der Waals surface area contributed by atoms with Crippen molar-refractivity contribution in [3.05, 3.63) is 71.3 Å². The summed E-state index contributed by atoms with van der Waals surface area (Å²) in [5.74, 6) is -1.30. The van der Waals surface area contributed by atoms with Crippen molar-refractivity contribution >= 4 is 21.5 Å². The first kappa shape index (κ1) is 18.3. The standard InChI is InChI=1S/C20H21NO4S/c1-15-7-9-17(10-8-15)19(22)20(23)21(13-16-5-3-2-4-6-16)18-11-12-26(24,25)14-18/h2-10,18H,11-14H2,1H3/t18-/m0/s1. The number of hydrogen-bond donors (Lipinski definition) is 0. The molecule has 26 heavy (non-hydrogen) atoms. The van der Waals surface area contributed by atoms with Crippen LogP contribution in [0.4, 0.5) is 0 Å². The number of nitrogens with zero attached hydrogens (tertiary/aromatic N) is 1. The maximum atomic E-state index is 12.9. The van der Waals surface area contributed by atoms with E-state index >= 15 is 0 Å². The van der Waals surface area contributed by atoms with Crippen LogP contribution in [0.1, 0.15) is 27.9 Å². The minimum absolute atomic E-state index is 0.0506. The van der Waals surface area contributed by atoms with Crippen LogP contribution < -0.4 is 0 Å². The Balaban J connectivity index is 1.87. The molecule has 1 heterocycles. The van der Waals surface area contributed by atoms with Gasteiger partial charge in [-0.1, -0.05) is 60.2 Å².